The lowest BCUT2D eigenvalue weighted by Crippen LogP contribution is -1.96. The largest absolute Gasteiger partial charge is 0.439 e. The molecule has 90 valence electrons. The molecule has 3 nitrogen and oxygen atoms in total. The zero-order valence-electron chi connectivity index (χ0n) is 9.58. The van der Waals surface area contributed by atoms with Gasteiger partial charge in [0, 0.05) is 21.5 Å². The van der Waals surface area contributed by atoms with Crippen LogP contribution in [0.2, 0.25) is 0 Å². The van der Waals surface area contributed by atoms with Crippen molar-refractivity contribution in [2.24, 2.45) is 7.05 Å². The van der Waals surface area contributed by atoms with Crippen molar-refractivity contribution in [1.82, 2.24) is 9.78 Å². The van der Waals surface area contributed by atoms with Crippen LogP contribution in [0.25, 0.3) is 0 Å². The molecule has 0 fully saturated rings. The van der Waals surface area contributed by atoms with Gasteiger partial charge in [-0.2, -0.15) is 5.10 Å². The average molecular weight is 407 g/mol. The van der Waals surface area contributed by atoms with Crippen LogP contribution in [0.3, 0.4) is 0 Å². The maximum atomic E-state index is 5.90. The number of hydrogen-bond acceptors (Lipinski definition) is 2. The number of alkyl halides is 1. The summed E-state index contributed by atoms with van der Waals surface area (Å²) in [5.41, 5.74) is 2.08. The molecule has 0 aliphatic heterocycles. The van der Waals surface area contributed by atoms with Crippen molar-refractivity contribution in [1.29, 1.82) is 0 Å². The second-order valence-electron chi connectivity index (χ2n) is 3.69. The molecule has 0 spiro atoms. The molecule has 0 unspecified atom stereocenters. The van der Waals surface area contributed by atoms with Crippen LogP contribution in [0, 0.1) is 10.5 Å². The smallest absolute Gasteiger partial charge is 0.221 e. The van der Waals surface area contributed by atoms with E-state index in [4.69, 9.17) is 4.74 Å². The number of nitrogens with zero attached hydrogens (tertiary/aromatic N) is 2. The Morgan fingerprint density at radius 3 is 2.88 bits per heavy atom. The van der Waals surface area contributed by atoms with Crippen molar-refractivity contribution in [3.63, 3.8) is 0 Å². The van der Waals surface area contributed by atoms with Crippen LogP contribution in [-0.2, 0) is 12.4 Å². The van der Waals surface area contributed by atoms with Gasteiger partial charge in [0.15, 0.2) is 0 Å². The van der Waals surface area contributed by atoms with Gasteiger partial charge in [0.1, 0.15) is 5.75 Å². The highest BCUT2D eigenvalue weighted by Crippen LogP contribution is 2.29. The number of benzene rings is 1. The molecule has 0 radical (unpaired) electrons. The topological polar surface area (TPSA) is 27.1 Å². The van der Waals surface area contributed by atoms with Gasteiger partial charge >= 0.3 is 0 Å². The molecule has 0 aliphatic rings. The maximum absolute atomic E-state index is 5.90. The van der Waals surface area contributed by atoms with E-state index in [0.29, 0.717) is 0 Å². The molecule has 0 atom stereocenters. The Hall–Kier alpha value is -0.560. The summed E-state index contributed by atoms with van der Waals surface area (Å²) in [5.74, 6) is 1.63. The maximum Gasteiger partial charge on any atom is 0.221 e. The van der Waals surface area contributed by atoms with Gasteiger partial charge in [-0.25, -0.2) is 4.68 Å². The molecule has 1 heterocycles. The van der Waals surface area contributed by atoms with Crippen molar-refractivity contribution < 1.29 is 4.74 Å². The Morgan fingerprint density at radius 2 is 2.24 bits per heavy atom. The van der Waals surface area contributed by atoms with Crippen molar-refractivity contribution in [2.45, 2.75) is 12.3 Å². The lowest BCUT2D eigenvalue weighted by molar-refractivity contribution is 0.427. The molecule has 17 heavy (non-hydrogen) atoms. The van der Waals surface area contributed by atoms with Crippen LogP contribution in [0.1, 0.15) is 11.3 Å². The van der Waals surface area contributed by atoms with E-state index < -0.39 is 0 Å². The van der Waals surface area contributed by atoms with Gasteiger partial charge in [0.2, 0.25) is 5.88 Å². The molecule has 2 aromatic rings. The highest BCUT2D eigenvalue weighted by molar-refractivity contribution is 14.1. The predicted octanol–water partition coefficient (Wildman–Crippen LogP) is 4.02. The van der Waals surface area contributed by atoms with E-state index in [1.165, 1.54) is 0 Å². The zero-order valence-corrected chi connectivity index (χ0v) is 13.3. The van der Waals surface area contributed by atoms with Crippen LogP contribution in [0.4, 0.5) is 0 Å². The van der Waals surface area contributed by atoms with E-state index in [-0.39, 0.29) is 0 Å². The molecule has 0 bridgehead atoms. The number of aromatic nitrogens is 2. The summed E-state index contributed by atoms with van der Waals surface area (Å²) in [6.45, 7) is 1.98. The lowest BCUT2D eigenvalue weighted by atomic mass is 10.3. The van der Waals surface area contributed by atoms with Gasteiger partial charge in [-0.05, 0) is 47.7 Å². The summed E-state index contributed by atoms with van der Waals surface area (Å²) >= 11 is 5.73. The van der Waals surface area contributed by atoms with Gasteiger partial charge < -0.3 is 4.74 Å². The summed E-state index contributed by atoms with van der Waals surface area (Å²) in [6, 6.07) is 7.96. The van der Waals surface area contributed by atoms with Gasteiger partial charge in [-0.3, -0.25) is 0 Å². The van der Waals surface area contributed by atoms with Gasteiger partial charge in [0.05, 0.1) is 5.69 Å². The number of halogens is 2. The highest BCUT2D eigenvalue weighted by Gasteiger charge is 2.14. The summed E-state index contributed by atoms with van der Waals surface area (Å²) in [7, 11) is 1.89. The fourth-order valence-electron chi connectivity index (χ4n) is 1.60. The molecule has 0 saturated carbocycles. The zero-order chi connectivity index (χ0) is 12.4. The number of aryl methyl sites for hydroxylation is 2. The predicted molar refractivity (Wildman–Crippen MR) is 79.8 cm³/mol. The highest BCUT2D eigenvalue weighted by atomic mass is 127. The first-order valence-electron chi connectivity index (χ1n) is 5.13. The van der Waals surface area contributed by atoms with Crippen LogP contribution >= 0.6 is 38.5 Å². The van der Waals surface area contributed by atoms with Crippen LogP contribution in [0.5, 0.6) is 11.6 Å². The van der Waals surface area contributed by atoms with Crippen LogP contribution in [-0.4, -0.2) is 9.78 Å². The van der Waals surface area contributed by atoms with E-state index in [1.54, 1.807) is 4.68 Å². The molecular formula is C12H12BrIN2O. The number of rotatable bonds is 3. The molecule has 0 aliphatic carbocycles. The molecule has 2 rings (SSSR count). The molecular weight excluding hydrogens is 395 g/mol. The molecule has 0 N–H and O–H groups in total. The Bertz CT molecular complexity index is 539. The van der Waals surface area contributed by atoms with E-state index in [0.717, 1.165) is 31.8 Å². The van der Waals surface area contributed by atoms with Crippen molar-refractivity contribution in [3.8, 4) is 11.6 Å². The third kappa shape index (κ3) is 2.82. The Labute approximate surface area is 122 Å². The normalized spacial score (nSPS) is 10.6. The van der Waals surface area contributed by atoms with Crippen molar-refractivity contribution in [3.05, 3.63) is 39.1 Å². The molecule has 1 aromatic carbocycles. The minimum Gasteiger partial charge on any atom is -0.439 e. The van der Waals surface area contributed by atoms with E-state index >= 15 is 0 Å². The van der Waals surface area contributed by atoms with Crippen LogP contribution < -0.4 is 4.74 Å². The average Bonchev–Trinajstić information content (AvgIpc) is 2.53. The van der Waals surface area contributed by atoms with Crippen molar-refractivity contribution >= 4 is 38.5 Å². The summed E-state index contributed by atoms with van der Waals surface area (Å²) in [4.78, 5) is 0. The van der Waals surface area contributed by atoms with Gasteiger partial charge in [-0.15, -0.1) is 0 Å². The Balaban J connectivity index is 2.36. The number of ether oxygens (including phenoxy) is 1. The first-order valence-corrected chi connectivity index (χ1v) is 7.33. The standard InChI is InChI=1S/C12H12BrIN2O/c1-8-11(7-13)12(16(2)15-8)17-10-5-3-4-9(14)6-10/h3-6H,7H2,1-2H3. The second kappa shape index (κ2) is 5.39. The molecule has 0 amide bonds. The first-order chi connectivity index (χ1) is 8.11. The third-order valence-corrected chi connectivity index (χ3v) is 3.66. The molecule has 1 aromatic heterocycles. The monoisotopic (exact) mass is 406 g/mol. The summed E-state index contributed by atoms with van der Waals surface area (Å²) in [6.07, 6.45) is 0. The first kappa shape index (κ1) is 12.9. The van der Waals surface area contributed by atoms with Gasteiger partial charge in [0.25, 0.3) is 0 Å². The Morgan fingerprint density at radius 1 is 1.47 bits per heavy atom. The summed E-state index contributed by atoms with van der Waals surface area (Å²) < 4.78 is 8.82. The number of hydrogen-bond donors (Lipinski definition) is 0. The van der Waals surface area contributed by atoms with Gasteiger partial charge in [-0.1, -0.05) is 22.0 Å². The van der Waals surface area contributed by atoms with Crippen molar-refractivity contribution in [2.75, 3.05) is 0 Å². The molecule has 5 heteroatoms. The second-order valence-corrected chi connectivity index (χ2v) is 5.49. The fourth-order valence-corrected chi connectivity index (χ4v) is 2.76. The fraction of sp³-hybridized carbons (Fsp3) is 0.250. The van der Waals surface area contributed by atoms with E-state index in [1.807, 2.05) is 38.2 Å². The SMILES string of the molecule is Cc1nn(C)c(Oc2cccc(I)c2)c1CBr. The Kier molecular flexibility index (Phi) is 4.09. The van der Waals surface area contributed by atoms with E-state index in [9.17, 15) is 0 Å². The lowest BCUT2D eigenvalue weighted by Gasteiger charge is -2.07. The minimum absolute atomic E-state index is 0.742. The van der Waals surface area contributed by atoms with Crippen LogP contribution in [0.15, 0.2) is 24.3 Å². The molecule has 0 saturated heterocycles. The minimum atomic E-state index is 0.742. The van der Waals surface area contributed by atoms with E-state index in [2.05, 4.69) is 43.6 Å². The quantitative estimate of drug-likeness (QED) is 0.568. The third-order valence-electron chi connectivity index (χ3n) is 2.43. The summed E-state index contributed by atoms with van der Waals surface area (Å²) in [5, 5.41) is 5.10.